The fourth-order valence-corrected chi connectivity index (χ4v) is 1.65. The van der Waals surface area contributed by atoms with Gasteiger partial charge in [-0.3, -0.25) is 9.59 Å². The molecule has 104 valence electrons. The summed E-state index contributed by atoms with van der Waals surface area (Å²) in [5, 5.41) is 2.91. The smallest absolute Gasteiger partial charge is 0.313 e. The summed E-state index contributed by atoms with van der Waals surface area (Å²) in [6.07, 6.45) is 1.44. The monoisotopic (exact) mass is 293 g/mol. The molecular weight excluding hydrogens is 282 g/mol. The summed E-state index contributed by atoms with van der Waals surface area (Å²) < 4.78 is 9.99. The molecule has 1 N–H and O–H groups in total. The predicted octanol–water partition coefficient (Wildman–Crippen LogP) is 2.66. The molecule has 20 heavy (non-hydrogen) atoms. The van der Waals surface area contributed by atoms with Gasteiger partial charge in [-0.2, -0.15) is 0 Å². The van der Waals surface area contributed by atoms with Gasteiger partial charge in [0.25, 0.3) is 5.91 Å². The van der Waals surface area contributed by atoms with Crippen molar-refractivity contribution in [2.75, 3.05) is 6.54 Å². The zero-order valence-electron chi connectivity index (χ0n) is 10.5. The number of carbonyl (C=O) groups is 2. The normalized spacial score (nSPS) is 10.1. The molecule has 0 radical (unpaired) electrons. The van der Waals surface area contributed by atoms with Crippen LogP contribution in [0.2, 0.25) is 5.02 Å². The highest BCUT2D eigenvalue weighted by atomic mass is 35.5. The summed E-state index contributed by atoms with van der Waals surface area (Å²) in [5.74, 6) is -0.348. The van der Waals surface area contributed by atoms with Crippen LogP contribution in [0.25, 0.3) is 0 Å². The van der Waals surface area contributed by atoms with Crippen LogP contribution in [0.5, 0.6) is 5.75 Å². The lowest BCUT2D eigenvalue weighted by molar-refractivity contribution is -0.134. The minimum Gasteiger partial charge on any atom is -0.459 e. The Balaban J connectivity index is 1.76. The maximum absolute atomic E-state index is 11.6. The van der Waals surface area contributed by atoms with Crippen molar-refractivity contribution in [1.82, 2.24) is 5.32 Å². The maximum atomic E-state index is 11.6. The van der Waals surface area contributed by atoms with Crippen molar-refractivity contribution in [3.63, 3.8) is 0 Å². The van der Waals surface area contributed by atoms with Gasteiger partial charge in [0.05, 0.1) is 17.7 Å². The van der Waals surface area contributed by atoms with Gasteiger partial charge in [-0.25, -0.2) is 0 Å². The van der Waals surface area contributed by atoms with Crippen LogP contribution in [0, 0.1) is 0 Å². The lowest BCUT2D eigenvalue weighted by Crippen LogP contribution is -2.26. The zero-order chi connectivity index (χ0) is 14.4. The molecule has 0 aliphatic rings. The van der Waals surface area contributed by atoms with Crippen molar-refractivity contribution >= 4 is 23.5 Å². The van der Waals surface area contributed by atoms with E-state index in [0.29, 0.717) is 10.8 Å². The Labute approximate surface area is 120 Å². The molecule has 1 aromatic carbocycles. The van der Waals surface area contributed by atoms with Crippen LogP contribution in [0.15, 0.2) is 47.1 Å². The van der Waals surface area contributed by atoms with Crippen molar-refractivity contribution in [2.45, 2.75) is 6.42 Å². The summed E-state index contributed by atoms with van der Waals surface area (Å²) in [6, 6.07) is 9.83. The largest absolute Gasteiger partial charge is 0.459 e. The number of hydrogen-bond donors (Lipinski definition) is 1. The number of furan rings is 1. The molecule has 2 aromatic rings. The van der Waals surface area contributed by atoms with E-state index in [9.17, 15) is 9.59 Å². The van der Waals surface area contributed by atoms with Gasteiger partial charge < -0.3 is 14.5 Å². The van der Waals surface area contributed by atoms with Gasteiger partial charge in [-0.15, -0.1) is 0 Å². The van der Waals surface area contributed by atoms with Gasteiger partial charge in [0, 0.05) is 6.54 Å². The molecule has 0 bridgehead atoms. The van der Waals surface area contributed by atoms with Crippen LogP contribution in [-0.2, 0) is 4.79 Å². The van der Waals surface area contributed by atoms with Crippen molar-refractivity contribution in [2.24, 2.45) is 0 Å². The quantitative estimate of drug-likeness (QED) is 0.680. The minimum atomic E-state index is -0.474. The van der Waals surface area contributed by atoms with Crippen LogP contribution in [0.4, 0.5) is 0 Å². The highest BCUT2D eigenvalue weighted by Crippen LogP contribution is 2.23. The van der Waals surface area contributed by atoms with Crippen LogP contribution < -0.4 is 10.1 Å². The number of carbonyl (C=O) groups excluding carboxylic acids is 2. The van der Waals surface area contributed by atoms with E-state index in [-0.39, 0.29) is 24.6 Å². The number of esters is 1. The lowest BCUT2D eigenvalue weighted by atomic mass is 10.3. The van der Waals surface area contributed by atoms with E-state index >= 15 is 0 Å². The SMILES string of the molecule is O=C(CCNC(=O)c1ccco1)Oc1ccccc1Cl. The molecule has 0 spiro atoms. The summed E-state index contributed by atoms with van der Waals surface area (Å²) in [5.41, 5.74) is 0. The Kier molecular flexibility index (Phi) is 4.79. The van der Waals surface area contributed by atoms with E-state index in [2.05, 4.69) is 5.32 Å². The average Bonchev–Trinajstić information content (AvgIpc) is 2.95. The number of amides is 1. The Morgan fingerprint density at radius 3 is 2.70 bits per heavy atom. The summed E-state index contributed by atoms with van der Waals surface area (Å²) >= 11 is 5.86. The molecule has 0 saturated heterocycles. The first kappa shape index (κ1) is 14.1. The fourth-order valence-electron chi connectivity index (χ4n) is 1.47. The second-order valence-corrected chi connectivity index (χ2v) is 4.29. The first-order valence-corrected chi connectivity index (χ1v) is 6.31. The van der Waals surface area contributed by atoms with E-state index in [1.165, 1.54) is 12.3 Å². The van der Waals surface area contributed by atoms with Crippen molar-refractivity contribution in [3.05, 3.63) is 53.4 Å². The Hall–Kier alpha value is -2.27. The molecule has 0 unspecified atom stereocenters. The fraction of sp³-hybridized carbons (Fsp3) is 0.143. The van der Waals surface area contributed by atoms with Crippen molar-refractivity contribution in [3.8, 4) is 5.75 Å². The maximum Gasteiger partial charge on any atom is 0.313 e. The summed E-state index contributed by atoms with van der Waals surface area (Å²) in [7, 11) is 0. The number of rotatable bonds is 5. The number of hydrogen-bond acceptors (Lipinski definition) is 4. The highest BCUT2D eigenvalue weighted by molar-refractivity contribution is 6.32. The number of ether oxygens (including phenoxy) is 1. The first-order chi connectivity index (χ1) is 9.66. The van der Waals surface area contributed by atoms with Crippen LogP contribution >= 0.6 is 11.6 Å². The highest BCUT2D eigenvalue weighted by Gasteiger charge is 2.10. The molecule has 0 fully saturated rings. The molecule has 0 aliphatic carbocycles. The molecule has 1 aromatic heterocycles. The molecule has 5 nitrogen and oxygen atoms in total. The van der Waals surface area contributed by atoms with E-state index < -0.39 is 5.97 Å². The second kappa shape index (κ2) is 6.77. The van der Waals surface area contributed by atoms with Gasteiger partial charge in [0.15, 0.2) is 5.76 Å². The number of para-hydroxylation sites is 1. The van der Waals surface area contributed by atoms with Crippen LogP contribution in [0.3, 0.4) is 0 Å². The third-order valence-electron chi connectivity index (χ3n) is 2.42. The van der Waals surface area contributed by atoms with E-state index in [4.69, 9.17) is 20.8 Å². The minimum absolute atomic E-state index is 0.0394. The topological polar surface area (TPSA) is 68.5 Å². The average molecular weight is 294 g/mol. The van der Waals surface area contributed by atoms with Gasteiger partial charge in [0.1, 0.15) is 5.75 Å². The van der Waals surface area contributed by atoms with E-state index in [0.717, 1.165) is 0 Å². The first-order valence-electron chi connectivity index (χ1n) is 5.94. The third kappa shape index (κ3) is 3.86. The third-order valence-corrected chi connectivity index (χ3v) is 2.73. The standard InChI is InChI=1S/C14H12ClNO4/c15-10-4-1-2-5-11(10)20-13(17)7-8-16-14(18)12-6-3-9-19-12/h1-6,9H,7-8H2,(H,16,18). The van der Waals surface area contributed by atoms with Gasteiger partial charge in [-0.1, -0.05) is 23.7 Å². The van der Waals surface area contributed by atoms with Gasteiger partial charge in [-0.05, 0) is 24.3 Å². The summed E-state index contributed by atoms with van der Waals surface area (Å²) in [4.78, 5) is 23.1. The molecule has 0 saturated carbocycles. The Morgan fingerprint density at radius 1 is 1.20 bits per heavy atom. The van der Waals surface area contributed by atoms with Gasteiger partial charge in [0.2, 0.25) is 0 Å². The van der Waals surface area contributed by atoms with Gasteiger partial charge >= 0.3 is 5.97 Å². The number of halogens is 1. The Morgan fingerprint density at radius 2 is 2.00 bits per heavy atom. The molecule has 0 aliphatic heterocycles. The van der Waals surface area contributed by atoms with E-state index in [1.54, 1.807) is 30.3 Å². The molecule has 0 atom stereocenters. The number of nitrogens with one attached hydrogen (secondary N) is 1. The van der Waals surface area contributed by atoms with Crippen molar-refractivity contribution < 1.29 is 18.7 Å². The molecule has 1 heterocycles. The predicted molar refractivity (Wildman–Crippen MR) is 72.7 cm³/mol. The molecule has 1 amide bonds. The molecule has 6 heteroatoms. The molecular formula is C14H12ClNO4. The molecule has 2 rings (SSSR count). The Bertz CT molecular complexity index is 595. The van der Waals surface area contributed by atoms with Crippen LogP contribution in [-0.4, -0.2) is 18.4 Å². The number of benzene rings is 1. The zero-order valence-corrected chi connectivity index (χ0v) is 11.2. The van der Waals surface area contributed by atoms with Crippen LogP contribution in [0.1, 0.15) is 17.0 Å². The van der Waals surface area contributed by atoms with E-state index in [1.807, 2.05) is 0 Å². The second-order valence-electron chi connectivity index (χ2n) is 3.89. The lowest BCUT2D eigenvalue weighted by Gasteiger charge is -2.06. The van der Waals surface area contributed by atoms with Crippen molar-refractivity contribution in [1.29, 1.82) is 0 Å². The summed E-state index contributed by atoms with van der Waals surface area (Å²) in [6.45, 7) is 0.156.